The lowest BCUT2D eigenvalue weighted by molar-refractivity contribution is -0.0478. The number of H-pyrrole nitrogens is 1. The molecule has 2 unspecified atom stereocenters. The van der Waals surface area contributed by atoms with E-state index in [1.165, 1.54) is 28.1 Å². The van der Waals surface area contributed by atoms with E-state index in [4.69, 9.17) is 37.1 Å². The van der Waals surface area contributed by atoms with Crippen LogP contribution in [-0.2, 0) is 25.6 Å². The van der Waals surface area contributed by atoms with Gasteiger partial charge >= 0.3 is 6.72 Å². The van der Waals surface area contributed by atoms with Gasteiger partial charge in [0.15, 0.2) is 35.0 Å². The number of anilines is 2. The summed E-state index contributed by atoms with van der Waals surface area (Å²) >= 11 is 6.23. The Bertz CT molecular complexity index is 1740. The third-order valence-electron chi connectivity index (χ3n) is 6.83. The number of nitrogens with one attached hydrogen (secondary N) is 1. The summed E-state index contributed by atoms with van der Waals surface area (Å²) in [4.78, 5) is 45.6. The van der Waals surface area contributed by atoms with Crippen LogP contribution in [0.2, 0.25) is 0 Å². The van der Waals surface area contributed by atoms with Gasteiger partial charge in [-0.25, -0.2) is 24.3 Å². The Morgan fingerprint density at radius 2 is 1.88 bits per heavy atom. The Kier molecular flexibility index (Phi) is 7.66. The number of nitrogen functional groups attached to an aromatic ring is 2. The second kappa shape index (κ2) is 11.0. The highest BCUT2D eigenvalue weighted by Crippen LogP contribution is 2.53. The predicted molar refractivity (Wildman–Crippen MR) is 148 cm³/mol. The van der Waals surface area contributed by atoms with E-state index in [2.05, 4.69) is 29.9 Å². The van der Waals surface area contributed by atoms with Gasteiger partial charge in [-0.1, -0.05) is 0 Å². The minimum Gasteiger partial charge on any atom is -0.395 e. The molecule has 0 bridgehead atoms. The Morgan fingerprint density at radius 1 is 1.14 bits per heavy atom. The molecule has 226 valence electrons. The number of hydrogen-bond acceptors (Lipinski definition) is 16. The second-order valence-corrected chi connectivity index (χ2v) is 13.6. The molecule has 6 heterocycles. The molecule has 9 atom stereocenters. The van der Waals surface area contributed by atoms with Gasteiger partial charge in [-0.05, 0) is 11.8 Å². The van der Waals surface area contributed by atoms with Crippen LogP contribution in [0.25, 0.3) is 22.3 Å². The van der Waals surface area contributed by atoms with Crippen molar-refractivity contribution in [3.8, 4) is 0 Å². The molecular formula is C20H24FN10O8PS2. The summed E-state index contributed by atoms with van der Waals surface area (Å²) in [6, 6.07) is 0. The third kappa shape index (κ3) is 5.04. The Morgan fingerprint density at radius 3 is 2.64 bits per heavy atom. The van der Waals surface area contributed by atoms with Gasteiger partial charge in [0, 0.05) is 0 Å². The first kappa shape index (κ1) is 29.2. The maximum absolute atomic E-state index is 15.1. The molecule has 9 N–H and O–H groups in total. The van der Waals surface area contributed by atoms with Gasteiger partial charge in [0.25, 0.3) is 5.56 Å². The molecule has 0 aromatic carbocycles. The molecular weight excluding hydrogens is 622 g/mol. The minimum atomic E-state index is -4.20. The predicted octanol–water partition coefficient (Wildman–Crippen LogP) is -1.69. The highest BCUT2D eigenvalue weighted by molar-refractivity contribution is 8.07. The van der Waals surface area contributed by atoms with E-state index in [1.807, 2.05) is 0 Å². The molecule has 0 radical (unpaired) electrons. The molecule has 0 saturated carbocycles. The van der Waals surface area contributed by atoms with E-state index in [9.17, 15) is 25.0 Å². The van der Waals surface area contributed by atoms with Crippen molar-refractivity contribution < 1.29 is 38.4 Å². The zero-order valence-corrected chi connectivity index (χ0v) is 23.6. The van der Waals surface area contributed by atoms with Gasteiger partial charge in [0.05, 0.1) is 37.2 Å². The van der Waals surface area contributed by atoms with Crippen LogP contribution in [0.5, 0.6) is 0 Å². The standard InChI is InChI=1S/C20H24FN10O8PS2/c21-8-11(33)6(38-18(8)30-4-26-9-14(22)24-3-25-15(9)30)2-37-40(36,41)39-13-12(34)7(1-32)42-19(13)31-5-27-10-16(31)28-20(23)29-17(10)35/h3-8,11-13,18-19,32-34H,1-2H2,(H,36,41)(H2,22,24,25)(H3,23,28,29,35)/t6-,7-,8+,11-,12-,13-,18?,19-,40?/m1/s1. The Labute approximate surface area is 243 Å². The van der Waals surface area contributed by atoms with Gasteiger partial charge in [0.1, 0.15) is 35.5 Å². The lowest BCUT2D eigenvalue weighted by Crippen LogP contribution is -2.35. The van der Waals surface area contributed by atoms with Crippen LogP contribution in [0.3, 0.4) is 0 Å². The number of aliphatic hydroxyl groups is 3. The average Bonchev–Trinajstić information content (AvgIpc) is 3.69. The normalized spacial score (nSPS) is 31.3. The number of nitrogens with zero attached hydrogens (tertiary/aromatic N) is 7. The van der Waals surface area contributed by atoms with Gasteiger partial charge in [0.2, 0.25) is 5.95 Å². The molecule has 2 fully saturated rings. The molecule has 2 saturated heterocycles. The number of halogens is 1. The number of thioether (sulfide) groups is 1. The molecule has 4 aromatic heterocycles. The molecule has 2 aliphatic rings. The van der Waals surface area contributed by atoms with Gasteiger partial charge in [-0.2, -0.15) is 4.98 Å². The number of aromatic amines is 1. The fraction of sp³-hybridized carbons (Fsp3) is 0.500. The fourth-order valence-corrected chi connectivity index (χ4v) is 7.73. The summed E-state index contributed by atoms with van der Waals surface area (Å²) in [7, 11) is 0. The lowest BCUT2D eigenvalue weighted by atomic mass is 10.1. The molecule has 22 heteroatoms. The summed E-state index contributed by atoms with van der Waals surface area (Å²) in [5.41, 5.74) is 11.3. The monoisotopic (exact) mass is 646 g/mol. The smallest absolute Gasteiger partial charge is 0.325 e. The third-order valence-corrected chi connectivity index (χ3v) is 9.94. The number of nitrogens with two attached hydrogens (primary N) is 2. The molecule has 42 heavy (non-hydrogen) atoms. The van der Waals surface area contributed by atoms with Crippen molar-refractivity contribution in [2.24, 2.45) is 0 Å². The maximum atomic E-state index is 15.1. The number of aromatic nitrogens is 8. The first-order chi connectivity index (χ1) is 20.0. The first-order valence-corrected chi connectivity index (χ1v) is 15.8. The Balaban J connectivity index is 1.19. The summed E-state index contributed by atoms with van der Waals surface area (Å²) < 4.78 is 34.6. The highest BCUT2D eigenvalue weighted by atomic mass is 32.5. The lowest BCUT2D eigenvalue weighted by Gasteiger charge is -2.27. The Hall–Kier alpha value is -2.85. The summed E-state index contributed by atoms with van der Waals surface area (Å²) in [5, 5.41) is 29.5. The van der Waals surface area contributed by atoms with Crippen molar-refractivity contribution in [2.45, 2.75) is 47.4 Å². The molecule has 6 rings (SSSR count). The van der Waals surface area contributed by atoms with Crippen molar-refractivity contribution in [3.05, 3.63) is 29.3 Å². The van der Waals surface area contributed by atoms with Crippen LogP contribution in [-0.4, -0.2) is 108 Å². The van der Waals surface area contributed by atoms with Crippen molar-refractivity contribution in [2.75, 3.05) is 24.7 Å². The van der Waals surface area contributed by atoms with Gasteiger partial charge in [-0.3, -0.25) is 23.4 Å². The number of fused-ring (bicyclic) bond motifs is 2. The van der Waals surface area contributed by atoms with E-state index in [0.717, 1.165) is 11.8 Å². The quantitative estimate of drug-likeness (QED) is 0.105. The van der Waals surface area contributed by atoms with E-state index < -0.39 is 72.9 Å². The largest absolute Gasteiger partial charge is 0.395 e. The van der Waals surface area contributed by atoms with Crippen LogP contribution in [0, 0.1) is 0 Å². The number of alkyl halides is 1. The molecule has 18 nitrogen and oxygen atoms in total. The van der Waals surface area contributed by atoms with Crippen LogP contribution in [0.1, 0.15) is 11.6 Å². The summed E-state index contributed by atoms with van der Waals surface area (Å²) in [5.74, 6) is -0.0989. The van der Waals surface area contributed by atoms with Crippen LogP contribution < -0.4 is 17.0 Å². The van der Waals surface area contributed by atoms with Crippen LogP contribution in [0.4, 0.5) is 16.2 Å². The summed E-state index contributed by atoms with van der Waals surface area (Å²) in [6.07, 6.45) is -5.21. The average molecular weight is 647 g/mol. The topological polar surface area (TPSA) is 268 Å². The molecule has 2 aliphatic heterocycles. The van der Waals surface area contributed by atoms with Crippen molar-refractivity contribution in [1.29, 1.82) is 0 Å². The molecule has 0 amide bonds. The molecule has 4 aromatic rings. The van der Waals surface area contributed by atoms with Gasteiger partial charge in [-0.15, -0.1) is 11.8 Å². The van der Waals surface area contributed by atoms with Crippen LogP contribution in [0.15, 0.2) is 23.8 Å². The van der Waals surface area contributed by atoms with E-state index in [0.29, 0.717) is 0 Å². The van der Waals surface area contributed by atoms with E-state index in [1.54, 1.807) is 0 Å². The van der Waals surface area contributed by atoms with Gasteiger partial charge < -0.3 is 40.9 Å². The SMILES string of the molecule is Nc1nc2c(ncn2[C@@H]2S[C@H](CO)[C@@H](O)[C@H]2OP(O)(=S)OC[C@H]2OC(n3cnc4c(N)ncnc43)[C@@H](F)[C@@H]2O)c(=O)[nH]1. The maximum Gasteiger partial charge on any atom is 0.325 e. The fourth-order valence-electron chi connectivity index (χ4n) is 4.81. The highest BCUT2D eigenvalue weighted by Gasteiger charge is 2.49. The van der Waals surface area contributed by atoms with Crippen molar-refractivity contribution in [1.82, 2.24) is 39.0 Å². The number of rotatable bonds is 8. The second-order valence-electron chi connectivity index (χ2n) is 9.43. The molecule has 0 aliphatic carbocycles. The summed E-state index contributed by atoms with van der Waals surface area (Å²) in [6.45, 7) is -5.24. The minimum absolute atomic E-state index is 0.0345. The zero-order valence-electron chi connectivity index (χ0n) is 21.1. The number of ether oxygens (including phenoxy) is 1. The molecule has 0 spiro atoms. The van der Waals surface area contributed by atoms with Crippen molar-refractivity contribution >= 4 is 64.4 Å². The number of aliphatic hydroxyl groups excluding tert-OH is 3. The number of hydrogen-bond donors (Lipinski definition) is 7. The zero-order chi connectivity index (χ0) is 29.9. The van der Waals surface area contributed by atoms with Crippen LogP contribution >= 0.6 is 18.5 Å². The van der Waals surface area contributed by atoms with E-state index in [-0.39, 0.29) is 34.1 Å². The first-order valence-electron chi connectivity index (χ1n) is 12.2. The van der Waals surface area contributed by atoms with E-state index >= 15 is 4.39 Å². The number of imidazole rings is 2. The van der Waals surface area contributed by atoms with Crippen molar-refractivity contribution in [3.63, 3.8) is 0 Å².